The van der Waals surface area contributed by atoms with Crippen LogP contribution in [0, 0.1) is 0 Å². The lowest BCUT2D eigenvalue weighted by Gasteiger charge is -2.02. The van der Waals surface area contributed by atoms with E-state index >= 15 is 0 Å². The lowest BCUT2D eigenvalue weighted by molar-refractivity contribution is -0.0706. The molecule has 48 valence electrons. The summed E-state index contributed by atoms with van der Waals surface area (Å²) in [6, 6.07) is 0. The smallest absolute Gasteiger partial charge is 0.254 e. The Morgan fingerprint density at radius 2 is 2.25 bits per heavy atom. The molecule has 0 atom stereocenters. The molecule has 0 aliphatic carbocycles. The number of hydrogen-bond donors (Lipinski definition) is 3. The van der Waals surface area contributed by atoms with Crippen LogP contribution in [0.5, 0.6) is 0 Å². The molecule has 0 aromatic carbocycles. The third-order valence-electron chi connectivity index (χ3n) is 0.375. The maximum Gasteiger partial charge on any atom is 0.254 e. The lowest BCUT2D eigenvalue weighted by atomic mass is 10.7. The van der Waals surface area contributed by atoms with Gasteiger partial charge in [-0.3, -0.25) is 0 Å². The minimum Gasteiger partial charge on any atom is -0.466 e. The SMILES string of the molecule is NC(=S)OCC(O)O. The fourth-order valence-corrected chi connectivity index (χ4v) is 0.225. The zero-order valence-electron chi connectivity index (χ0n) is 4.07. The van der Waals surface area contributed by atoms with Gasteiger partial charge in [0.1, 0.15) is 6.61 Å². The first-order chi connectivity index (χ1) is 3.63. The minimum absolute atomic E-state index is 0.182. The van der Waals surface area contributed by atoms with E-state index in [1.54, 1.807) is 0 Å². The van der Waals surface area contributed by atoms with Crippen molar-refractivity contribution in [3.63, 3.8) is 0 Å². The summed E-state index contributed by atoms with van der Waals surface area (Å²) in [5.41, 5.74) is 4.83. The van der Waals surface area contributed by atoms with Crippen LogP contribution in [0.2, 0.25) is 0 Å². The van der Waals surface area contributed by atoms with Crippen molar-refractivity contribution in [2.45, 2.75) is 6.29 Å². The molecule has 0 saturated heterocycles. The molecule has 0 aliphatic rings. The monoisotopic (exact) mass is 137 g/mol. The van der Waals surface area contributed by atoms with Crippen molar-refractivity contribution in [3.05, 3.63) is 0 Å². The minimum atomic E-state index is -1.50. The van der Waals surface area contributed by atoms with Gasteiger partial charge in [-0.1, -0.05) is 0 Å². The van der Waals surface area contributed by atoms with E-state index in [2.05, 4.69) is 17.0 Å². The fourth-order valence-electron chi connectivity index (χ4n) is 0.157. The predicted molar refractivity (Wildman–Crippen MR) is 31.0 cm³/mol. The highest BCUT2D eigenvalue weighted by Gasteiger charge is 1.95. The molecule has 0 spiro atoms. The molecule has 0 heterocycles. The molecule has 0 fully saturated rings. The highest BCUT2D eigenvalue weighted by atomic mass is 32.1. The van der Waals surface area contributed by atoms with Gasteiger partial charge in [-0.05, 0) is 12.2 Å². The van der Waals surface area contributed by atoms with Gasteiger partial charge in [0.2, 0.25) is 0 Å². The predicted octanol–water partition coefficient (Wildman–Crippen LogP) is -1.44. The van der Waals surface area contributed by atoms with Gasteiger partial charge in [0, 0.05) is 0 Å². The molecule has 0 unspecified atom stereocenters. The number of aliphatic hydroxyl groups excluding tert-OH is 1. The van der Waals surface area contributed by atoms with Crippen LogP contribution in [0.25, 0.3) is 0 Å². The van der Waals surface area contributed by atoms with Gasteiger partial charge in [-0.25, -0.2) is 0 Å². The van der Waals surface area contributed by atoms with Crippen LogP contribution in [0.1, 0.15) is 0 Å². The number of thiocarbonyl (C=S) groups is 1. The van der Waals surface area contributed by atoms with Gasteiger partial charge < -0.3 is 20.7 Å². The summed E-state index contributed by atoms with van der Waals surface area (Å²) in [6.07, 6.45) is -1.50. The molecule has 8 heavy (non-hydrogen) atoms. The Morgan fingerprint density at radius 3 is 2.38 bits per heavy atom. The molecule has 0 amide bonds. The first kappa shape index (κ1) is 7.61. The average Bonchev–Trinajstić information content (AvgIpc) is 1.61. The van der Waals surface area contributed by atoms with Crippen LogP contribution in [-0.2, 0) is 4.74 Å². The Bertz CT molecular complexity index is 84.6. The first-order valence-electron chi connectivity index (χ1n) is 1.91. The first-order valence-corrected chi connectivity index (χ1v) is 2.32. The summed E-state index contributed by atoms with van der Waals surface area (Å²) in [5.74, 6) is 0. The standard InChI is InChI=1S/C3H7NO3S/c4-3(8)7-1-2(5)6/h2,5-6H,1H2,(H2,4,8). The van der Waals surface area contributed by atoms with Gasteiger partial charge >= 0.3 is 0 Å². The zero-order valence-corrected chi connectivity index (χ0v) is 4.89. The summed E-state index contributed by atoms with van der Waals surface area (Å²) in [7, 11) is 0. The zero-order chi connectivity index (χ0) is 6.57. The second-order valence-corrected chi connectivity index (χ2v) is 1.51. The number of ether oxygens (including phenoxy) is 1. The van der Waals surface area contributed by atoms with Gasteiger partial charge in [-0.2, -0.15) is 0 Å². The van der Waals surface area contributed by atoms with Crippen LogP contribution in [0.4, 0.5) is 0 Å². The van der Waals surface area contributed by atoms with E-state index in [0.717, 1.165) is 0 Å². The molecule has 4 nitrogen and oxygen atoms in total. The Kier molecular flexibility index (Phi) is 3.42. The molecular weight excluding hydrogens is 130 g/mol. The summed E-state index contributed by atoms with van der Waals surface area (Å²) in [5, 5.41) is 16.1. The lowest BCUT2D eigenvalue weighted by Crippen LogP contribution is -2.21. The number of rotatable bonds is 2. The van der Waals surface area contributed by atoms with Crippen molar-refractivity contribution in [2.24, 2.45) is 5.73 Å². The quantitative estimate of drug-likeness (QED) is 0.321. The normalized spacial score (nSPS) is 9.38. The van der Waals surface area contributed by atoms with Crippen molar-refractivity contribution >= 4 is 17.4 Å². The van der Waals surface area contributed by atoms with E-state index < -0.39 is 6.29 Å². The molecule has 0 bridgehead atoms. The molecule has 0 aromatic heterocycles. The molecule has 0 rings (SSSR count). The number of hydrogen-bond acceptors (Lipinski definition) is 4. The Hall–Kier alpha value is -0.390. The Balaban J connectivity index is 3.05. The van der Waals surface area contributed by atoms with Crippen LogP contribution in [0.3, 0.4) is 0 Å². The highest BCUT2D eigenvalue weighted by molar-refractivity contribution is 7.80. The number of nitrogens with two attached hydrogens (primary N) is 1. The van der Waals surface area contributed by atoms with Crippen molar-refractivity contribution in [2.75, 3.05) is 6.61 Å². The molecule has 0 saturated carbocycles. The third kappa shape index (κ3) is 5.61. The van der Waals surface area contributed by atoms with Crippen LogP contribution in [0.15, 0.2) is 0 Å². The Morgan fingerprint density at radius 1 is 1.75 bits per heavy atom. The van der Waals surface area contributed by atoms with E-state index in [1.807, 2.05) is 0 Å². The summed E-state index contributed by atoms with van der Waals surface area (Å²) in [6.45, 7) is -0.269. The van der Waals surface area contributed by atoms with Gasteiger partial charge in [-0.15, -0.1) is 0 Å². The van der Waals surface area contributed by atoms with Crippen LogP contribution >= 0.6 is 12.2 Å². The van der Waals surface area contributed by atoms with Crippen LogP contribution < -0.4 is 5.73 Å². The average molecular weight is 137 g/mol. The van der Waals surface area contributed by atoms with E-state index in [0.29, 0.717) is 0 Å². The number of aliphatic hydroxyl groups is 2. The maximum atomic E-state index is 8.12. The van der Waals surface area contributed by atoms with E-state index in [9.17, 15) is 0 Å². The van der Waals surface area contributed by atoms with Crippen molar-refractivity contribution in [1.82, 2.24) is 0 Å². The highest BCUT2D eigenvalue weighted by Crippen LogP contribution is 1.77. The summed E-state index contributed by atoms with van der Waals surface area (Å²) in [4.78, 5) is 0. The molecule has 5 heteroatoms. The largest absolute Gasteiger partial charge is 0.466 e. The fraction of sp³-hybridized carbons (Fsp3) is 0.667. The summed E-state index contributed by atoms with van der Waals surface area (Å²) < 4.78 is 4.31. The topological polar surface area (TPSA) is 75.7 Å². The van der Waals surface area contributed by atoms with Gasteiger partial charge in [0.25, 0.3) is 5.17 Å². The molecule has 0 radical (unpaired) electrons. The summed E-state index contributed by atoms with van der Waals surface area (Å²) >= 11 is 4.25. The Labute approximate surface area is 51.9 Å². The van der Waals surface area contributed by atoms with Gasteiger partial charge in [0.15, 0.2) is 6.29 Å². The second-order valence-electron chi connectivity index (χ2n) is 1.11. The molecule has 4 N–H and O–H groups in total. The van der Waals surface area contributed by atoms with E-state index in [-0.39, 0.29) is 11.8 Å². The second kappa shape index (κ2) is 3.59. The van der Waals surface area contributed by atoms with E-state index in [1.165, 1.54) is 0 Å². The van der Waals surface area contributed by atoms with Crippen molar-refractivity contribution in [1.29, 1.82) is 0 Å². The van der Waals surface area contributed by atoms with Crippen LogP contribution in [-0.4, -0.2) is 28.3 Å². The molecular formula is C3H7NO3S. The van der Waals surface area contributed by atoms with E-state index in [4.69, 9.17) is 15.9 Å². The maximum absolute atomic E-state index is 8.12. The third-order valence-corrected chi connectivity index (χ3v) is 0.493. The van der Waals surface area contributed by atoms with Crippen molar-refractivity contribution in [3.8, 4) is 0 Å². The molecule has 0 aliphatic heterocycles. The van der Waals surface area contributed by atoms with Crippen molar-refractivity contribution < 1.29 is 14.9 Å². The molecule has 0 aromatic rings. The van der Waals surface area contributed by atoms with Gasteiger partial charge in [0.05, 0.1) is 0 Å².